The van der Waals surface area contributed by atoms with Gasteiger partial charge in [-0.2, -0.15) is 4.72 Å². The minimum atomic E-state index is -3.87. The fourth-order valence-corrected chi connectivity index (χ4v) is 5.55. The first-order valence-corrected chi connectivity index (χ1v) is 12.3. The first kappa shape index (κ1) is 22.4. The first-order chi connectivity index (χ1) is 15.3. The molecular weight excluding hydrogens is 428 g/mol. The Kier molecular flexibility index (Phi) is 6.30. The van der Waals surface area contributed by atoms with E-state index in [0.717, 1.165) is 42.8 Å². The van der Waals surface area contributed by atoms with Crippen LogP contribution < -0.4 is 10.0 Å². The molecule has 2 amide bonds. The zero-order chi connectivity index (χ0) is 22.9. The summed E-state index contributed by atoms with van der Waals surface area (Å²) in [5.74, 6) is 0.501. The number of carbonyl (C=O) groups is 2. The van der Waals surface area contributed by atoms with Crippen LogP contribution in [0.3, 0.4) is 0 Å². The van der Waals surface area contributed by atoms with Gasteiger partial charge < -0.3 is 5.32 Å². The zero-order valence-electron chi connectivity index (χ0n) is 18.2. The Morgan fingerprint density at radius 1 is 1.09 bits per heavy atom. The van der Waals surface area contributed by atoms with E-state index in [9.17, 15) is 18.0 Å². The van der Waals surface area contributed by atoms with Gasteiger partial charge in [-0.25, -0.2) is 13.4 Å². The standard InChI is InChI=1S/C23H28N4O4S/c1-15-6-10-19(11-7-15)32(30,31)26-20-14-22(28)27(23(20)29)18-12-16(13-18)8-9-17-4-3-5-21(24-2)25-17/h3-7,10-11,16,18,20,26H,8-9,12-14H2,1-2H3,(H,24,25)/t16?,18?,20-/m0/s1. The maximum Gasteiger partial charge on any atom is 0.248 e. The molecule has 1 saturated carbocycles. The molecule has 1 atom stereocenters. The van der Waals surface area contributed by atoms with Crippen molar-refractivity contribution in [2.75, 3.05) is 12.4 Å². The third kappa shape index (κ3) is 4.68. The Hall–Kier alpha value is -2.78. The molecule has 1 aromatic carbocycles. The highest BCUT2D eigenvalue weighted by Gasteiger charge is 2.47. The van der Waals surface area contributed by atoms with Crippen LogP contribution in [0, 0.1) is 12.8 Å². The number of imide groups is 1. The average Bonchev–Trinajstić information content (AvgIpc) is 3.00. The van der Waals surface area contributed by atoms with E-state index in [4.69, 9.17) is 0 Å². The predicted octanol–water partition coefficient (Wildman–Crippen LogP) is 2.25. The van der Waals surface area contributed by atoms with Crippen LogP contribution in [-0.4, -0.2) is 49.2 Å². The van der Waals surface area contributed by atoms with Gasteiger partial charge >= 0.3 is 0 Å². The SMILES string of the molecule is CNc1cccc(CCC2CC(N3C(=O)C[C@H](NS(=O)(=O)c4ccc(C)cc4)C3=O)C2)n1. The Morgan fingerprint density at radius 3 is 2.50 bits per heavy atom. The van der Waals surface area contributed by atoms with E-state index in [-0.39, 0.29) is 23.3 Å². The van der Waals surface area contributed by atoms with Crippen molar-refractivity contribution in [1.82, 2.24) is 14.6 Å². The van der Waals surface area contributed by atoms with Gasteiger partial charge in [0.1, 0.15) is 11.9 Å². The monoisotopic (exact) mass is 456 g/mol. The quantitative estimate of drug-likeness (QED) is 0.590. The number of sulfonamides is 1. The average molecular weight is 457 g/mol. The number of likely N-dealkylation sites (tertiary alicyclic amines) is 1. The lowest BCUT2D eigenvalue weighted by Gasteiger charge is -2.40. The molecule has 2 aromatic rings. The Morgan fingerprint density at radius 2 is 1.81 bits per heavy atom. The molecule has 2 N–H and O–H groups in total. The number of hydrogen-bond donors (Lipinski definition) is 2. The number of hydrogen-bond acceptors (Lipinski definition) is 6. The highest BCUT2D eigenvalue weighted by atomic mass is 32.2. The van der Waals surface area contributed by atoms with E-state index < -0.39 is 22.0 Å². The number of aromatic nitrogens is 1. The molecule has 8 nitrogen and oxygen atoms in total. The van der Waals surface area contributed by atoms with Crippen LogP contribution in [0.25, 0.3) is 0 Å². The summed E-state index contributed by atoms with van der Waals surface area (Å²) in [4.78, 5) is 31.2. The maximum atomic E-state index is 12.8. The van der Waals surface area contributed by atoms with Crippen LogP contribution in [0.2, 0.25) is 0 Å². The fraction of sp³-hybridized carbons (Fsp3) is 0.435. The van der Waals surface area contributed by atoms with Gasteiger partial charge in [-0.1, -0.05) is 23.8 Å². The van der Waals surface area contributed by atoms with Gasteiger partial charge in [0.15, 0.2) is 0 Å². The number of carbonyl (C=O) groups excluding carboxylic acids is 2. The Balaban J connectivity index is 1.31. The van der Waals surface area contributed by atoms with E-state index in [1.807, 2.05) is 32.2 Å². The topological polar surface area (TPSA) is 108 Å². The summed E-state index contributed by atoms with van der Waals surface area (Å²) >= 11 is 0. The lowest BCUT2D eigenvalue weighted by atomic mass is 9.76. The summed E-state index contributed by atoms with van der Waals surface area (Å²) in [5.41, 5.74) is 1.95. The number of benzene rings is 1. The van der Waals surface area contributed by atoms with Gasteiger partial charge in [0.05, 0.1) is 11.3 Å². The molecule has 0 radical (unpaired) electrons. The van der Waals surface area contributed by atoms with E-state index in [0.29, 0.717) is 5.92 Å². The molecule has 0 bridgehead atoms. The largest absolute Gasteiger partial charge is 0.373 e. The van der Waals surface area contributed by atoms with Crippen LogP contribution in [0.4, 0.5) is 5.82 Å². The number of anilines is 1. The number of amides is 2. The lowest BCUT2D eigenvalue weighted by Crippen LogP contribution is -2.50. The molecule has 1 aliphatic heterocycles. The molecule has 32 heavy (non-hydrogen) atoms. The van der Waals surface area contributed by atoms with E-state index in [2.05, 4.69) is 15.0 Å². The van der Waals surface area contributed by atoms with E-state index in [1.54, 1.807) is 12.1 Å². The summed E-state index contributed by atoms with van der Waals surface area (Å²) in [7, 11) is -2.04. The molecule has 2 fully saturated rings. The molecule has 1 aromatic heterocycles. The lowest BCUT2D eigenvalue weighted by molar-refractivity contribution is -0.144. The molecule has 4 rings (SSSR count). The molecule has 0 unspecified atom stereocenters. The Labute approximate surface area is 188 Å². The van der Waals surface area contributed by atoms with E-state index in [1.165, 1.54) is 17.0 Å². The van der Waals surface area contributed by atoms with Crippen molar-refractivity contribution in [3.05, 3.63) is 53.7 Å². The molecular formula is C23H28N4O4S. The van der Waals surface area contributed by atoms with Gasteiger partial charge in [0.2, 0.25) is 21.8 Å². The smallest absolute Gasteiger partial charge is 0.248 e. The second kappa shape index (κ2) is 8.99. The molecule has 1 aliphatic carbocycles. The normalized spacial score (nSPS) is 23.3. The highest BCUT2D eigenvalue weighted by Crippen LogP contribution is 2.37. The van der Waals surface area contributed by atoms with E-state index >= 15 is 0 Å². The third-order valence-corrected chi connectivity index (χ3v) is 7.75. The zero-order valence-corrected chi connectivity index (χ0v) is 19.1. The van der Waals surface area contributed by atoms with Crippen LogP contribution >= 0.6 is 0 Å². The Bertz CT molecular complexity index is 1110. The molecule has 9 heteroatoms. The molecule has 0 spiro atoms. The highest BCUT2D eigenvalue weighted by molar-refractivity contribution is 7.89. The van der Waals surface area contributed by atoms with Crippen molar-refractivity contribution in [1.29, 1.82) is 0 Å². The molecule has 2 heterocycles. The number of nitrogens with one attached hydrogen (secondary N) is 2. The van der Waals surface area contributed by atoms with Crippen LogP contribution in [0.15, 0.2) is 47.4 Å². The van der Waals surface area contributed by atoms with Crippen molar-refractivity contribution >= 4 is 27.7 Å². The number of pyridine rings is 1. The molecule has 2 aliphatic rings. The van der Waals surface area contributed by atoms with Gasteiger partial charge in [-0.3, -0.25) is 14.5 Å². The van der Waals surface area contributed by atoms with Gasteiger partial charge in [-0.05, 0) is 62.8 Å². The van der Waals surface area contributed by atoms with Crippen LogP contribution in [0.5, 0.6) is 0 Å². The van der Waals surface area contributed by atoms with Crippen molar-refractivity contribution in [3.63, 3.8) is 0 Å². The van der Waals surface area contributed by atoms with Gasteiger partial charge in [0, 0.05) is 18.8 Å². The summed E-state index contributed by atoms with van der Waals surface area (Å²) in [6.07, 6.45) is 3.15. The summed E-state index contributed by atoms with van der Waals surface area (Å²) in [5, 5.41) is 3.03. The predicted molar refractivity (Wildman–Crippen MR) is 120 cm³/mol. The first-order valence-electron chi connectivity index (χ1n) is 10.9. The second-order valence-electron chi connectivity index (χ2n) is 8.59. The second-order valence-corrected chi connectivity index (χ2v) is 10.3. The molecule has 1 saturated heterocycles. The van der Waals surface area contributed by atoms with Crippen molar-refractivity contribution in [3.8, 4) is 0 Å². The number of rotatable bonds is 8. The third-order valence-electron chi connectivity index (χ3n) is 6.26. The summed E-state index contributed by atoms with van der Waals surface area (Å²) < 4.78 is 27.7. The minimum absolute atomic E-state index is 0.0847. The summed E-state index contributed by atoms with van der Waals surface area (Å²) in [6, 6.07) is 11.1. The van der Waals surface area contributed by atoms with Gasteiger partial charge in [0.25, 0.3) is 0 Å². The van der Waals surface area contributed by atoms with Crippen molar-refractivity contribution < 1.29 is 18.0 Å². The molecule has 170 valence electrons. The van der Waals surface area contributed by atoms with Gasteiger partial charge in [-0.15, -0.1) is 0 Å². The number of aryl methyl sites for hydroxylation is 2. The maximum absolute atomic E-state index is 12.8. The van der Waals surface area contributed by atoms with Crippen LogP contribution in [0.1, 0.15) is 36.9 Å². The van der Waals surface area contributed by atoms with Crippen LogP contribution in [-0.2, 0) is 26.0 Å². The number of nitrogens with zero attached hydrogens (tertiary/aromatic N) is 2. The minimum Gasteiger partial charge on any atom is -0.373 e. The van der Waals surface area contributed by atoms with Crippen molar-refractivity contribution in [2.24, 2.45) is 5.92 Å². The fourth-order valence-electron chi connectivity index (χ4n) is 4.36. The summed E-state index contributed by atoms with van der Waals surface area (Å²) in [6.45, 7) is 1.86. The van der Waals surface area contributed by atoms with Crippen molar-refractivity contribution in [2.45, 2.75) is 56.0 Å².